The van der Waals surface area contributed by atoms with Crippen molar-refractivity contribution in [1.29, 1.82) is 0 Å². The first-order valence-electron chi connectivity index (χ1n) is 8.83. The van der Waals surface area contributed by atoms with Crippen molar-refractivity contribution in [1.82, 2.24) is 20.5 Å². The van der Waals surface area contributed by atoms with Crippen molar-refractivity contribution in [3.63, 3.8) is 0 Å². The van der Waals surface area contributed by atoms with Crippen molar-refractivity contribution in [2.75, 3.05) is 36.5 Å². The normalized spacial score (nSPS) is 19.8. The Morgan fingerprint density at radius 1 is 1.31 bits per heavy atom. The average molecular weight is 404 g/mol. The van der Waals surface area contributed by atoms with Gasteiger partial charge in [-0.05, 0) is 12.1 Å². The van der Waals surface area contributed by atoms with Gasteiger partial charge in [-0.3, -0.25) is 9.59 Å². The van der Waals surface area contributed by atoms with Gasteiger partial charge in [0.1, 0.15) is 29.0 Å². The van der Waals surface area contributed by atoms with Gasteiger partial charge in [-0.15, -0.1) is 5.10 Å². The molecule has 1 unspecified atom stereocenters. The maximum atomic E-state index is 12.9. The van der Waals surface area contributed by atoms with Gasteiger partial charge < -0.3 is 29.8 Å². The molecule has 2 aliphatic heterocycles. The zero-order valence-electron chi connectivity index (χ0n) is 15.1. The summed E-state index contributed by atoms with van der Waals surface area (Å²) in [5, 5.41) is 23.1. The summed E-state index contributed by atoms with van der Waals surface area (Å²) < 4.78 is 23.8. The third kappa shape index (κ3) is 4.01. The number of carbonyl (C=O) groups excluding carboxylic acids is 2. The van der Waals surface area contributed by atoms with E-state index in [1.807, 2.05) is 4.90 Å². The summed E-state index contributed by atoms with van der Waals surface area (Å²) in [6, 6.07) is 1.87. The molecule has 0 aromatic carbocycles. The van der Waals surface area contributed by atoms with Crippen LogP contribution in [0.1, 0.15) is 18.4 Å². The first-order valence-corrected chi connectivity index (χ1v) is 8.83. The fourth-order valence-electron chi connectivity index (χ4n) is 2.97. The molecule has 1 saturated heterocycles. The van der Waals surface area contributed by atoms with Crippen molar-refractivity contribution < 1.29 is 28.2 Å². The predicted molar refractivity (Wildman–Crippen MR) is 95.3 cm³/mol. The van der Waals surface area contributed by atoms with E-state index in [2.05, 4.69) is 25.8 Å². The number of pyridine rings is 1. The number of rotatable bonds is 4. The topological polar surface area (TPSA) is 143 Å². The van der Waals surface area contributed by atoms with E-state index < -0.39 is 35.0 Å². The van der Waals surface area contributed by atoms with E-state index in [1.54, 1.807) is 0 Å². The van der Waals surface area contributed by atoms with E-state index in [4.69, 9.17) is 9.15 Å². The molecular formula is C17H17FN6O5. The Morgan fingerprint density at radius 3 is 2.79 bits per heavy atom. The first-order chi connectivity index (χ1) is 14.0. The van der Waals surface area contributed by atoms with Crippen LogP contribution < -0.4 is 15.5 Å². The Kier molecular flexibility index (Phi) is 5.08. The number of hydrogen-bond donors (Lipinski definition) is 3. The number of anilines is 2. The van der Waals surface area contributed by atoms with Gasteiger partial charge in [-0.25, -0.2) is 9.37 Å². The molecule has 0 radical (unpaired) electrons. The average Bonchev–Trinajstić information content (AvgIpc) is 3.20. The number of carbonyl (C=O) groups is 2. The lowest BCUT2D eigenvalue weighted by Crippen LogP contribution is -2.39. The lowest BCUT2D eigenvalue weighted by atomic mass is 10.0. The molecule has 2 amide bonds. The Bertz CT molecular complexity index is 953. The standard InChI is InChI=1S/C17H17FN6O5/c18-9-1-2-12(19-8-9)21-15(27)13-11(25)7-10(20-14(13)26)16-22-23-17(29-16)24-3-5-28-6-4-24/h1-2,8,10,25H,3-7H2,(H,20,26)(H,19,21,27). The second-order valence-electron chi connectivity index (χ2n) is 6.39. The SMILES string of the molecule is O=C(Nc1ccc(F)cn1)C1=C(O)CC(c2nnc(N3CCOCC3)o2)NC1=O. The van der Waals surface area contributed by atoms with Crippen LogP contribution in [0, 0.1) is 5.82 Å². The second kappa shape index (κ2) is 7.83. The molecule has 152 valence electrons. The zero-order chi connectivity index (χ0) is 20.4. The van der Waals surface area contributed by atoms with Crippen LogP contribution in [0.4, 0.5) is 16.2 Å². The molecule has 2 aromatic heterocycles. The lowest BCUT2D eigenvalue weighted by Gasteiger charge is -2.25. The van der Waals surface area contributed by atoms with E-state index in [0.717, 1.165) is 12.3 Å². The molecule has 0 aliphatic carbocycles. The van der Waals surface area contributed by atoms with Crippen molar-refractivity contribution in [3.05, 3.63) is 41.4 Å². The number of morpholine rings is 1. The van der Waals surface area contributed by atoms with Gasteiger partial charge in [0.15, 0.2) is 0 Å². The number of aliphatic hydroxyl groups excluding tert-OH is 1. The minimum atomic E-state index is -0.864. The maximum Gasteiger partial charge on any atom is 0.318 e. The molecule has 4 rings (SSSR count). The Balaban J connectivity index is 1.47. The van der Waals surface area contributed by atoms with Crippen LogP contribution >= 0.6 is 0 Å². The lowest BCUT2D eigenvalue weighted by molar-refractivity contribution is -0.123. The summed E-state index contributed by atoms with van der Waals surface area (Å²) in [7, 11) is 0. The number of amides is 2. The van der Waals surface area contributed by atoms with Crippen molar-refractivity contribution in [2.24, 2.45) is 0 Å². The van der Waals surface area contributed by atoms with E-state index in [9.17, 15) is 19.1 Å². The van der Waals surface area contributed by atoms with Gasteiger partial charge in [-0.1, -0.05) is 5.10 Å². The summed E-state index contributed by atoms with van der Waals surface area (Å²) >= 11 is 0. The number of aromatic nitrogens is 3. The smallest absolute Gasteiger partial charge is 0.318 e. The number of hydrogen-bond acceptors (Lipinski definition) is 9. The molecule has 0 spiro atoms. The fraction of sp³-hybridized carbons (Fsp3) is 0.353. The molecule has 0 saturated carbocycles. The van der Waals surface area contributed by atoms with Crippen LogP contribution in [0.5, 0.6) is 0 Å². The monoisotopic (exact) mass is 404 g/mol. The van der Waals surface area contributed by atoms with Crippen molar-refractivity contribution >= 4 is 23.6 Å². The quantitative estimate of drug-likeness (QED) is 0.619. The van der Waals surface area contributed by atoms with Crippen LogP contribution in [-0.4, -0.2) is 58.4 Å². The Hall–Kier alpha value is -3.54. The summed E-state index contributed by atoms with van der Waals surface area (Å²) in [4.78, 5) is 30.3. The third-order valence-corrected chi connectivity index (χ3v) is 4.42. The minimum Gasteiger partial charge on any atom is -0.511 e. The summed E-state index contributed by atoms with van der Waals surface area (Å²) in [6.45, 7) is 2.29. The van der Waals surface area contributed by atoms with Crippen LogP contribution in [0.2, 0.25) is 0 Å². The van der Waals surface area contributed by atoms with Gasteiger partial charge >= 0.3 is 6.01 Å². The number of nitrogens with one attached hydrogen (secondary N) is 2. The van der Waals surface area contributed by atoms with Crippen LogP contribution in [-0.2, 0) is 14.3 Å². The zero-order valence-corrected chi connectivity index (χ0v) is 15.1. The molecular weight excluding hydrogens is 387 g/mol. The number of aliphatic hydroxyl groups is 1. The molecule has 1 fully saturated rings. The van der Waals surface area contributed by atoms with Gasteiger partial charge in [0.05, 0.1) is 19.4 Å². The number of nitrogens with zero attached hydrogens (tertiary/aromatic N) is 4. The highest BCUT2D eigenvalue weighted by Crippen LogP contribution is 2.28. The Labute approximate surface area is 163 Å². The molecule has 4 heterocycles. The molecule has 11 nitrogen and oxygen atoms in total. The molecule has 2 aromatic rings. The minimum absolute atomic E-state index is 0.0404. The molecule has 29 heavy (non-hydrogen) atoms. The maximum absolute atomic E-state index is 12.9. The van der Waals surface area contributed by atoms with E-state index in [-0.39, 0.29) is 18.1 Å². The molecule has 12 heteroatoms. The Morgan fingerprint density at radius 2 is 2.10 bits per heavy atom. The molecule has 1 atom stereocenters. The van der Waals surface area contributed by atoms with Crippen molar-refractivity contribution in [2.45, 2.75) is 12.5 Å². The van der Waals surface area contributed by atoms with Crippen LogP contribution in [0.15, 0.2) is 34.1 Å². The molecule has 3 N–H and O–H groups in total. The van der Waals surface area contributed by atoms with Gasteiger partial charge in [0, 0.05) is 19.5 Å². The van der Waals surface area contributed by atoms with Crippen LogP contribution in [0.25, 0.3) is 0 Å². The summed E-state index contributed by atoms with van der Waals surface area (Å²) in [6.07, 6.45) is 0.818. The van der Waals surface area contributed by atoms with Gasteiger partial charge in [0.2, 0.25) is 5.89 Å². The molecule has 2 aliphatic rings. The fourth-order valence-corrected chi connectivity index (χ4v) is 2.97. The summed E-state index contributed by atoms with van der Waals surface area (Å²) in [5.41, 5.74) is -0.458. The van der Waals surface area contributed by atoms with E-state index in [0.29, 0.717) is 32.3 Å². The van der Waals surface area contributed by atoms with E-state index >= 15 is 0 Å². The number of halogens is 1. The molecule has 0 bridgehead atoms. The number of ether oxygens (including phenoxy) is 1. The van der Waals surface area contributed by atoms with Gasteiger partial charge in [-0.2, -0.15) is 0 Å². The van der Waals surface area contributed by atoms with Crippen LogP contribution in [0.3, 0.4) is 0 Å². The second-order valence-corrected chi connectivity index (χ2v) is 6.39. The third-order valence-electron chi connectivity index (χ3n) is 4.42. The van der Waals surface area contributed by atoms with E-state index in [1.165, 1.54) is 6.07 Å². The highest BCUT2D eigenvalue weighted by atomic mass is 19.1. The predicted octanol–water partition coefficient (Wildman–Crippen LogP) is 0.452. The van der Waals surface area contributed by atoms with Crippen molar-refractivity contribution in [3.8, 4) is 0 Å². The highest BCUT2D eigenvalue weighted by molar-refractivity contribution is 6.23. The largest absolute Gasteiger partial charge is 0.511 e. The first kappa shape index (κ1) is 18.8. The summed E-state index contributed by atoms with van der Waals surface area (Å²) in [5.74, 6) is -2.50. The highest BCUT2D eigenvalue weighted by Gasteiger charge is 2.35. The van der Waals surface area contributed by atoms with Gasteiger partial charge in [0.25, 0.3) is 11.8 Å².